The Bertz CT molecular complexity index is 524. The lowest BCUT2D eigenvalue weighted by Gasteiger charge is -2.14. The van der Waals surface area contributed by atoms with E-state index < -0.39 is 33.5 Å². The highest BCUT2D eigenvalue weighted by molar-refractivity contribution is 7.90. The van der Waals surface area contributed by atoms with E-state index in [-0.39, 0.29) is 10.5 Å². The Morgan fingerprint density at radius 1 is 1.33 bits per heavy atom. The van der Waals surface area contributed by atoms with Crippen molar-refractivity contribution in [3.8, 4) is 0 Å². The fraction of sp³-hybridized carbons (Fsp3) is 0.400. The van der Waals surface area contributed by atoms with Crippen LogP contribution < -0.4 is 0 Å². The number of rotatable bonds is 5. The summed E-state index contributed by atoms with van der Waals surface area (Å²) >= 11 is 0. The minimum Gasteiger partial charge on any atom is -0.389 e. The number of sulfone groups is 1. The van der Waals surface area contributed by atoms with Gasteiger partial charge in [-0.15, -0.1) is 0 Å². The molecule has 0 aromatic heterocycles. The lowest BCUT2D eigenvalue weighted by atomic mass is 10.0. The van der Waals surface area contributed by atoms with Crippen LogP contribution in [0.4, 0.5) is 0 Å². The highest BCUT2D eigenvalue weighted by Gasteiger charge is 2.30. The van der Waals surface area contributed by atoms with E-state index in [1.54, 1.807) is 0 Å². The Morgan fingerprint density at radius 3 is 2.17 bits per heavy atom. The zero-order valence-corrected chi connectivity index (χ0v) is 10.4. The summed E-state index contributed by atoms with van der Waals surface area (Å²) in [6.45, 7) is -0.804. The molecule has 0 bridgehead atoms. The van der Waals surface area contributed by atoms with Gasteiger partial charge in [0.15, 0.2) is 9.84 Å². The van der Waals surface area contributed by atoms with Crippen molar-refractivity contribution in [2.45, 2.75) is 17.0 Å². The Morgan fingerprint density at radius 2 is 1.83 bits per heavy atom. The van der Waals surface area contributed by atoms with E-state index in [9.17, 15) is 23.6 Å². The molecular formula is C10H13NO6S. The molecule has 0 spiro atoms. The van der Waals surface area contributed by atoms with Crippen LogP contribution in [0.3, 0.4) is 0 Å². The van der Waals surface area contributed by atoms with Crippen molar-refractivity contribution in [3.63, 3.8) is 0 Å². The fourth-order valence-corrected chi connectivity index (χ4v) is 2.05. The average molecular weight is 275 g/mol. The van der Waals surface area contributed by atoms with Gasteiger partial charge in [-0.05, 0) is 17.7 Å². The molecule has 0 aliphatic heterocycles. The summed E-state index contributed by atoms with van der Waals surface area (Å²) in [5.41, 5.74) is 0.179. The molecule has 0 saturated heterocycles. The van der Waals surface area contributed by atoms with Gasteiger partial charge in [-0.2, -0.15) is 0 Å². The molecule has 18 heavy (non-hydrogen) atoms. The maximum absolute atomic E-state index is 11.2. The summed E-state index contributed by atoms with van der Waals surface area (Å²) in [6.07, 6.45) is -0.454. The number of hydrogen-bond donors (Lipinski definition) is 2. The van der Waals surface area contributed by atoms with E-state index in [0.29, 0.717) is 0 Å². The summed E-state index contributed by atoms with van der Waals surface area (Å²) < 4.78 is 22.4. The standard InChI is InChI=1S/C10H13NO6S/c1-18(16,17)8-4-2-7(3-5-8)10(13)9(6-12)11(14)15/h2-5,9-10,12-13H,6H2,1H3/t9-,10-/m1/s1. The predicted molar refractivity (Wildman–Crippen MR) is 62.4 cm³/mol. The second-order valence-electron chi connectivity index (χ2n) is 3.82. The molecule has 0 heterocycles. The number of nitrogens with zero attached hydrogens (tertiary/aromatic N) is 1. The minimum absolute atomic E-state index is 0.0556. The highest BCUT2D eigenvalue weighted by atomic mass is 32.2. The van der Waals surface area contributed by atoms with Crippen LogP contribution in [-0.4, -0.2) is 42.5 Å². The molecule has 0 saturated carbocycles. The molecule has 2 N–H and O–H groups in total. The molecule has 0 amide bonds. The van der Waals surface area contributed by atoms with Crippen molar-refractivity contribution in [3.05, 3.63) is 39.9 Å². The largest absolute Gasteiger partial charge is 0.389 e. The summed E-state index contributed by atoms with van der Waals surface area (Å²) in [4.78, 5) is 9.83. The van der Waals surface area contributed by atoms with E-state index in [0.717, 1.165) is 6.26 Å². The van der Waals surface area contributed by atoms with Crippen molar-refractivity contribution in [2.75, 3.05) is 12.9 Å². The monoisotopic (exact) mass is 275 g/mol. The summed E-state index contributed by atoms with van der Waals surface area (Å²) in [7, 11) is -3.35. The Hall–Kier alpha value is -1.51. The number of aliphatic hydroxyl groups excluding tert-OH is 2. The first-order valence-electron chi connectivity index (χ1n) is 5.00. The van der Waals surface area contributed by atoms with E-state index in [1.165, 1.54) is 24.3 Å². The lowest BCUT2D eigenvalue weighted by molar-refractivity contribution is -0.539. The quantitative estimate of drug-likeness (QED) is 0.565. The molecule has 1 rings (SSSR count). The molecule has 7 nitrogen and oxygen atoms in total. The second-order valence-corrected chi connectivity index (χ2v) is 5.84. The molecule has 2 atom stereocenters. The van der Waals surface area contributed by atoms with Crippen LogP contribution in [0.1, 0.15) is 11.7 Å². The first-order chi connectivity index (χ1) is 8.27. The highest BCUT2D eigenvalue weighted by Crippen LogP contribution is 2.20. The lowest BCUT2D eigenvalue weighted by Crippen LogP contribution is -2.31. The van der Waals surface area contributed by atoms with Gasteiger partial charge in [-0.1, -0.05) is 12.1 Å². The molecule has 0 aliphatic carbocycles. The summed E-state index contributed by atoms with van der Waals surface area (Å²) in [5.74, 6) is 0. The first-order valence-corrected chi connectivity index (χ1v) is 6.89. The SMILES string of the molecule is CS(=O)(=O)c1ccc([C@@H](O)[C@@H](CO)[N+](=O)[O-])cc1. The molecular weight excluding hydrogens is 262 g/mol. The second kappa shape index (κ2) is 5.42. The van der Waals surface area contributed by atoms with Gasteiger partial charge < -0.3 is 10.2 Å². The van der Waals surface area contributed by atoms with E-state index in [2.05, 4.69) is 0 Å². The zero-order chi connectivity index (χ0) is 13.9. The molecule has 0 radical (unpaired) electrons. The maximum Gasteiger partial charge on any atom is 0.265 e. The third kappa shape index (κ3) is 3.25. The van der Waals surface area contributed by atoms with Crippen molar-refractivity contribution in [1.82, 2.24) is 0 Å². The zero-order valence-electron chi connectivity index (χ0n) is 9.55. The Balaban J connectivity index is 3.02. The number of hydrogen-bond acceptors (Lipinski definition) is 6. The minimum atomic E-state index is -3.35. The van der Waals surface area contributed by atoms with Crippen molar-refractivity contribution >= 4 is 9.84 Å². The van der Waals surface area contributed by atoms with Gasteiger partial charge in [-0.25, -0.2) is 8.42 Å². The van der Waals surface area contributed by atoms with Crippen LogP contribution in [0.25, 0.3) is 0 Å². The first kappa shape index (κ1) is 14.6. The van der Waals surface area contributed by atoms with E-state index >= 15 is 0 Å². The average Bonchev–Trinajstić information content (AvgIpc) is 2.28. The van der Waals surface area contributed by atoms with E-state index in [4.69, 9.17) is 5.11 Å². The molecule has 0 unspecified atom stereocenters. The molecule has 8 heteroatoms. The van der Waals surface area contributed by atoms with Gasteiger partial charge in [0.1, 0.15) is 12.7 Å². The normalized spacial score (nSPS) is 15.1. The van der Waals surface area contributed by atoms with Gasteiger partial charge in [0.05, 0.1) is 4.90 Å². The van der Waals surface area contributed by atoms with Gasteiger partial charge >= 0.3 is 0 Å². The van der Waals surface area contributed by atoms with Gasteiger partial charge in [-0.3, -0.25) is 10.1 Å². The molecule has 1 aromatic carbocycles. The number of benzene rings is 1. The van der Waals surface area contributed by atoms with Crippen molar-refractivity contribution < 1.29 is 23.6 Å². The van der Waals surface area contributed by atoms with Gasteiger partial charge in [0.25, 0.3) is 6.04 Å². The summed E-state index contributed by atoms with van der Waals surface area (Å²) in [6, 6.07) is 3.54. The smallest absolute Gasteiger partial charge is 0.265 e. The van der Waals surface area contributed by atoms with Crippen LogP contribution in [0.2, 0.25) is 0 Å². The number of nitro groups is 1. The van der Waals surface area contributed by atoms with E-state index in [1.807, 2.05) is 0 Å². The van der Waals surface area contributed by atoms with Crippen molar-refractivity contribution in [1.29, 1.82) is 0 Å². The van der Waals surface area contributed by atoms with Crippen LogP contribution in [0.15, 0.2) is 29.2 Å². The van der Waals surface area contributed by atoms with Crippen LogP contribution in [0.5, 0.6) is 0 Å². The van der Waals surface area contributed by atoms with Crippen molar-refractivity contribution in [2.24, 2.45) is 0 Å². The third-order valence-electron chi connectivity index (χ3n) is 2.47. The molecule has 100 valence electrons. The van der Waals surface area contributed by atoms with Crippen LogP contribution in [0, 0.1) is 10.1 Å². The van der Waals surface area contributed by atoms with Crippen LogP contribution >= 0.6 is 0 Å². The maximum atomic E-state index is 11.2. The fourth-order valence-electron chi connectivity index (χ4n) is 1.42. The Labute approximate surface area is 104 Å². The van der Waals surface area contributed by atoms with Crippen LogP contribution in [-0.2, 0) is 9.84 Å². The Kier molecular flexibility index (Phi) is 4.38. The number of aliphatic hydroxyl groups is 2. The molecule has 1 aromatic rings. The topological polar surface area (TPSA) is 118 Å². The summed E-state index contributed by atoms with van der Waals surface area (Å²) in [5, 5.41) is 29.1. The predicted octanol–water partition coefficient (Wildman–Crippen LogP) is -0.239. The molecule has 0 aliphatic rings. The molecule has 0 fully saturated rings. The van der Waals surface area contributed by atoms with Gasteiger partial charge in [0.2, 0.25) is 0 Å². The third-order valence-corrected chi connectivity index (χ3v) is 3.60. The van der Waals surface area contributed by atoms with Gasteiger partial charge in [0, 0.05) is 11.2 Å².